The van der Waals surface area contributed by atoms with Crippen LogP contribution < -0.4 is 11.0 Å². The number of halogens is 1. The Labute approximate surface area is 204 Å². The van der Waals surface area contributed by atoms with Crippen LogP contribution in [-0.4, -0.2) is 56.2 Å². The van der Waals surface area contributed by atoms with Crippen molar-refractivity contribution in [1.29, 1.82) is 5.26 Å². The van der Waals surface area contributed by atoms with Crippen molar-refractivity contribution in [2.24, 2.45) is 4.99 Å². The minimum Gasteiger partial charge on any atom is -0.493 e. The van der Waals surface area contributed by atoms with Gasteiger partial charge in [-0.2, -0.15) is 5.26 Å². The lowest BCUT2D eigenvalue weighted by molar-refractivity contribution is -0.124. The lowest BCUT2D eigenvalue weighted by Crippen LogP contribution is -2.45. The number of H-pyrrole nitrogens is 1. The number of hydrogen-bond acceptors (Lipinski definition) is 7. The van der Waals surface area contributed by atoms with Crippen LogP contribution >= 0.6 is 11.6 Å². The second kappa shape index (κ2) is 9.99. The molecule has 1 aromatic heterocycles. The number of fused-ring (bicyclic) bond motifs is 1. The fourth-order valence-corrected chi connectivity index (χ4v) is 3.89. The average Bonchev–Trinajstić information content (AvgIpc) is 3.38. The van der Waals surface area contributed by atoms with E-state index < -0.39 is 42.8 Å². The standard InChI is InChI=1S/C24H20ClN5O5/c25-16-5-6-18-15(10-27-19(18)8-16)7-20-23(34)30(24(35)29-20)21(22(33)28-17(11-31)12-32)14-3-1-13(9-26)2-4-14/h1-8,10,17,21,31-32,34H,11-12H2,(H,28,33)(H,29,35). The zero-order valence-electron chi connectivity index (χ0n) is 18.1. The molecule has 2 heterocycles. The minimum atomic E-state index is -1.36. The van der Waals surface area contributed by atoms with Gasteiger partial charge >= 0.3 is 5.69 Å². The van der Waals surface area contributed by atoms with Crippen molar-refractivity contribution >= 4 is 41.1 Å². The average molecular weight is 494 g/mol. The van der Waals surface area contributed by atoms with Crippen molar-refractivity contribution in [2.75, 3.05) is 13.2 Å². The number of aromatic nitrogens is 2. The first kappa shape index (κ1) is 24.0. The predicted molar refractivity (Wildman–Crippen MR) is 130 cm³/mol. The van der Waals surface area contributed by atoms with Crippen LogP contribution in [0.15, 0.2) is 52.3 Å². The summed E-state index contributed by atoms with van der Waals surface area (Å²) in [6.07, 6.45) is 3.09. The number of nitrogens with one attached hydrogen (secondary N) is 2. The molecule has 0 spiro atoms. The fourth-order valence-electron chi connectivity index (χ4n) is 3.72. The topological polar surface area (TPSA) is 164 Å². The Hall–Kier alpha value is -4.17. The maximum Gasteiger partial charge on any atom is 0.329 e. The first-order valence-electron chi connectivity index (χ1n) is 10.5. The molecule has 0 aliphatic carbocycles. The molecule has 10 nitrogen and oxygen atoms in total. The number of nitrogens with zero attached hydrogens (tertiary/aromatic N) is 3. The van der Waals surface area contributed by atoms with Crippen LogP contribution in [0.25, 0.3) is 11.6 Å². The van der Waals surface area contributed by atoms with Gasteiger partial charge in [-0.25, -0.2) is 9.36 Å². The summed E-state index contributed by atoms with van der Waals surface area (Å²) in [5.74, 6) is -1.26. The van der Waals surface area contributed by atoms with Gasteiger partial charge in [-0.3, -0.25) is 9.79 Å². The first-order valence-corrected chi connectivity index (χ1v) is 10.9. The first-order chi connectivity index (χ1) is 16.9. The van der Waals surface area contributed by atoms with E-state index in [4.69, 9.17) is 16.9 Å². The third-order valence-electron chi connectivity index (χ3n) is 5.49. The molecule has 0 saturated carbocycles. The molecule has 0 bridgehead atoms. The summed E-state index contributed by atoms with van der Waals surface area (Å²) in [6, 6.07) is 10.7. The van der Waals surface area contributed by atoms with Crippen LogP contribution in [0.1, 0.15) is 28.4 Å². The van der Waals surface area contributed by atoms with Crippen LogP contribution in [0.2, 0.25) is 5.02 Å². The van der Waals surface area contributed by atoms with E-state index in [-0.39, 0.29) is 5.69 Å². The van der Waals surface area contributed by atoms with Crippen molar-refractivity contribution in [3.05, 3.63) is 80.4 Å². The van der Waals surface area contributed by atoms with E-state index in [1.165, 1.54) is 30.3 Å². The van der Waals surface area contributed by atoms with Crippen LogP contribution in [0.4, 0.5) is 5.69 Å². The number of aliphatic hydroxyl groups is 2. The number of aliphatic hydroxyl groups excluding tert-OH is 2. The van der Waals surface area contributed by atoms with Crippen molar-refractivity contribution in [3.63, 3.8) is 0 Å². The Morgan fingerprint density at radius 2 is 1.94 bits per heavy atom. The Balaban J connectivity index is 1.79. The maximum absolute atomic E-state index is 13.1. The fraction of sp³-hybridized carbons (Fsp3) is 0.167. The van der Waals surface area contributed by atoms with Gasteiger partial charge < -0.3 is 25.6 Å². The largest absolute Gasteiger partial charge is 0.493 e. The highest BCUT2D eigenvalue weighted by Gasteiger charge is 2.30. The van der Waals surface area contributed by atoms with Crippen molar-refractivity contribution in [3.8, 4) is 11.9 Å². The molecule has 1 amide bonds. The summed E-state index contributed by atoms with van der Waals surface area (Å²) >= 11 is 6.01. The van der Waals surface area contributed by atoms with Gasteiger partial charge in [0, 0.05) is 22.4 Å². The van der Waals surface area contributed by atoms with Crippen molar-refractivity contribution < 1.29 is 20.1 Å². The summed E-state index contributed by atoms with van der Waals surface area (Å²) in [4.78, 5) is 32.9. The Kier molecular flexibility index (Phi) is 6.84. The lowest BCUT2D eigenvalue weighted by Gasteiger charge is -2.21. The second-order valence-electron chi connectivity index (χ2n) is 7.76. The van der Waals surface area contributed by atoms with Crippen molar-refractivity contribution in [1.82, 2.24) is 14.9 Å². The Bertz CT molecular complexity index is 1430. The minimum absolute atomic E-state index is 0.0477. The normalized spacial score (nSPS) is 14.2. The number of aromatic amines is 1. The predicted octanol–water partition coefficient (Wildman–Crippen LogP) is 1.72. The molecule has 4 rings (SSSR count). The number of benzene rings is 2. The molecule has 1 aliphatic heterocycles. The smallest absolute Gasteiger partial charge is 0.329 e. The highest BCUT2D eigenvalue weighted by Crippen LogP contribution is 2.35. The van der Waals surface area contributed by atoms with Crippen LogP contribution in [0, 0.1) is 11.3 Å². The van der Waals surface area contributed by atoms with Gasteiger partial charge in [0.1, 0.15) is 11.7 Å². The summed E-state index contributed by atoms with van der Waals surface area (Å²) in [7, 11) is 0. The summed E-state index contributed by atoms with van der Waals surface area (Å²) < 4.78 is 0.865. The molecule has 35 heavy (non-hydrogen) atoms. The van der Waals surface area contributed by atoms with Gasteiger partial charge in [0.2, 0.25) is 11.8 Å². The van der Waals surface area contributed by atoms with E-state index in [0.29, 0.717) is 27.4 Å². The molecule has 2 aromatic carbocycles. The van der Waals surface area contributed by atoms with Gasteiger partial charge in [0.15, 0.2) is 0 Å². The molecule has 1 atom stereocenters. The number of hydrogen-bond donors (Lipinski definition) is 5. The van der Waals surface area contributed by atoms with Gasteiger partial charge in [-0.1, -0.05) is 29.8 Å². The zero-order chi connectivity index (χ0) is 25.1. The van der Waals surface area contributed by atoms with E-state index in [1.807, 2.05) is 6.07 Å². The van der Waals surface area contributed by atoms with Gasteiger partial charge in [-0.15, -0.1) is 0 Å². The number of allylic oxidation sites excluding steroid dienone is 1. The number of aromatic hydroxyl groups is 1. The number of amides is 1. The number of nitriles is 1. The molecule has 5 N–H and O–H groups in total. The number of imidazole rings is 1. The third kappa shape index (κ3) is 4.74. The van der Waals surface area contributed by atoms with E-state index in [1.54, 1.807) is 24.4 Å². The lowest BCUT2D eigenvalue weighted by atomic mass is 10.0. The number of carbonyl (C=O) groups is 1. The van der Waals surface area contributed by atoms with E-state index in [9.17, 15) is 24.9 Å². The van der Waals surface area contributed by atoms with Crippen molar-refractivity contribution in [2.45, 2.75) is 12.1 Å². The molecule has 3 aromatic rings. The maximum atomic E-state index is 13.1. The molecule has 178 valence electrons. The highest BCUT2D eigenvalue weighted by atomic mass is 35.5. The molecular weight excluding hydrogens is 474 g/mol. The number of carbonyl (C=O) groups excluding carboxylic acids is 1. The molecule has 1 aliphatic rings. The molecule has 0 radical (unpaired) electrons. The van der Waals surface area contributed by atoms with Gasteiger partial charge in [0.25, 0.3) is 0 Å². The molecule has 0 saturated heterocycles. The number of rotatable bonds is 7. The van der Waals surface area contributed by atoms with E-state index in [0.717, 1.165) is 10.1 Å². The van der Waals surface area contributed by atoms with E-state index in [2.05, 4.69) is 15.3 Å². The molecule has 0 fully saturated rings. The van der Waals surface area contributed by atoms with E-state index >= 15 is 0 Å². The molecular formula is C24H20ClN5O5. The number of aliphatic imine (C=N–C) groups is 1. The zero-order valence-corrected chi connectivity index (χ0v) is 18.9. The Morgan fingerprint density at radius 3 is 2.60 bits per heavy atom. The summed E-state index contributed by atoms with van der Waals surface area (Å²) in [6.45, 7) is -1.06. The van der Waals surface area contributed by atoms with Crippen LogP contribution in [0.5, 0.6) is 5.88 Å². The summed E-state index contributed by atoms with van der Waals surface area (Å²) in [5.41, 5.74) is 1.92. The van der Waals surface area contributed by atoms with Gasteiger partial charge in [-0.05, 0) is 35.9 Å². The molecule has 11 heteroatoms. The van der Waals surface area contributed by atoms with Crippen LogP contribution in [0.3, 0.4) is 0 Å². The van der Waals surface area contributed by atoms with Gasteiger partial charge in [0.05, 0.1) is 36.6 Å². The summed E-state index contributed by atoms with van der Waals surface area (Å²) in [5, 5.41) is 41.8. The Morgan fingerprint density at radius 1 is 1.23 bits per heavy atom. The molecule has 1 unspecified atom stereocenters. The quantitative estimate of drug-likeness (QED) is 0.336. The second-order valence-corrected chi connectivity index (χ2v) is 8.20. The highest BCUT2D eigenvalue weighted by molar-refractivity contribution is 6.31. The SMILES string of the molecule is N#Cc1ccc(C(C(=O)NC(CO)CO)n2c(O)c(C=C3C=Nc4cc(Cl)ccc43)[nH]c2=O)cc1. The third-order valence-corrected chi connectivity index (χ3v) is 5.73. The monoisotopic (exact) mass is 493 g/mol. The van der Waals surface area contributed by atoms with Crippen LogP contribution in [-0.2, 0) is 4.79 Å².